The summed E-state index contributed by atoms with van der Waals surface area (Å²) < 4.78 is 32.9. The number of aromatic carboxylic acids is 1. The number of phenols is 2. The van der Waals surface area contributed by atoms with E-state index < -0.39 is 78.5 Å². The van der Waals surface area contributed by atoms with Crippen LogP contribution >= 0.6 is 0 Å². The van der Waals surface area contributed by atoms with E-state index in [9.17, 15) is 45.3 Å². The maximum atomic E-state index is 13.3. The van der Waals surface area contributed by atoms with Crippen molar-refractivity contribution in [2.24, 2.45) is 10.7 Å². The second kappa shape index (κ2) is 20.9. The SMILES string of the molecule is CCNc1cc(OC2OC(C(O)OC(=O)c3cc(OC)c(O)c(OCCc4ccccc4)c3O)C(O)C(O)C2O)c(OCN=C(N)NCCCCO)cc1C(=O)O. The van der Waals surface area contributed by atoms with Crippen molar-refractivity contribution in [3.05, 3.63) is 65.2 Å². The van der Waals surface area contributed by atoms with Crippen molar-refractivity contribution in [3.63, 3.8) is 0 Å². The zero-order valence-corrected chi connectivity index (χ0v) is 31.1. The maximum Gasteiger partial charge on any atom is 0.344 e. The van der Waals surface area contributed by atoms with Crippen LogP contribution in [0.4, 0.5) is 5.69 Å². The Labute approximate surface area is 326 Å². The number of hydrogen-bond donors (Lipinski definition) is 11. The van der Waals surface area contributed by atoms with Gasteiger partial charge in [-0.1, -0.05) is 30.3 Å². The van der Waals surface area contributed by atoms with Gasteiger partial charge in [-0.05, 0) is 25.3 Å². The van der Waals surface area contributed by atoms with Gasteiger partial charge >= 0.3 is 11.9 Å². The number of unbranched alkanes of at least 4 members (excludes halogenated alkanes) is 1. The maximum absolute atomic E-state index is 13.3. The van der Waals surface area contributed by atoms with Crippen LogP contribution in [0.1, 0.15) is 46.0 Å². The molecule has 1 fully saturated rings. The average molecular weight is 805 g/mol. The molecule has 1 heterocycles. The number of methoxy groups -OCH3 is 1. The topological polar surface area (TPSA) is 314 Å². The normalized spacial score (nSPS) is 19.9. The predicted molar refractivity (Wildman–Crippen MR) is 200 cm³/mol. The molecule has 3 aromatic carbocycles. The van der Waals surface area contributed by atoms with E-state index in [0.29, 0.717) is 25.8 Å². The fourth-order valence-corrected chi connectivity index (χ4v) is 5.51. The first-order valence-corrected chi connectivity index (χ1v) is 17.8. The molecule has 20 nitrogen and oxygen atoms in total. The summed E-state index contributed by atoms with van der Waals surface area (Å²) >= 11 is 0. The number of hydrogen-bond acceptors (Lipinski definition) is 17. The Morgan fingerprint density at radius 3 is 2.33 bits per heavy atom. The lowest BCUT2D eigenvalue weighted by Gasteiger charge is -2.41. The second-order valence-corrected chi connectivity index (χ2v) is 12.4. The second-order valence-electron chi connectivity index (χ2n) is 12.4. The number of carbonyl (C=O) groups excluding carboxylic acids is 1. The molecule has 57 heavy (non-hydrogen) atoms. The van der Waals surface area contributed by atoms with Crippen molar-refractivity contribution in [3.8, 4) is 34.5 Å². The minimum Gasteiger partial charge on any atom is -0.504 e. The molecule has 0 aliphatic carbocycles. The number of carbonyl (C=O) groups is 2. The molecule has 6 atom stereocenters. The number of benzene rings is 3. The Bertz CT molecular complexity index is 1830. The number of ether oxygens (including phenoxy) is 6. The third-order valence-corrected chi connectivity index (χ3v) is 8.50. The van der Waals surface area contributed by atoms with Crippen molar-refractivity contribution in [1.82, 2.24) is 5.32 Å². The summed E-state index contributed by atoms with van der Waals surface area (Å²) in [4.78, 5) is 29.4. The van der Waals surface area contributed by atoms with Crippen LogP contribution in [-0.2, 0) is 15.9 Å². The van der Waals surface area contributed by atoms with E-state index in [2.05, 4.69) is 15.6 Å². The summed E-state index contributed by atoms with van der Waals surface area (Å²) in [5.74, 6) is -5.54. The molecule has 312 valence electrons. The number of aromatic hydroxyl groups is 2. The Morgan fingerprint density at radius 2 is 1.67 bits per heavy atom. The number of nitrogens with one attached hydrogen (secondary N) is 2. The minimum absolute atomic E-state index is 0.00642. The van der Waals surface area contributed by atoms with Crippen LogP contribution in [0.2, 0.25) is 0 Å². The number of nitrogens with zero attached hydrogens (tertiary/aromatic N) is 1. The Kier molecular flexibility index (Phi) is 16.2. The van der Waals surface area contributed by atoms with Crippen LogP contribution in [-0.4, -0.2) is 136 Å². The van der Waals surface area contributed by atoms with Crippen LogP contribution in [0.15, 0.2) is 53.5 Å². The number of aliphatic hydroxyl groups is 5. The highest BCUT2D eigenvalue weighted by atomic mass is 16.7. The first-order chi connectivity index (χ1) is 27.3. The number of aliphatic hydroxyl groups excluding tert-OH is 5. The molecule has 0 aromatic heterocycles. The zero-order valence-electron chi connectivity index (χ0n) is 31.1. The Hall–Kier alpha value is -5.77. The number of carboxylic acid groups (broad SMARTS) is 1. The molecule has 12 N–H and O–H groups in total. The van der Waals surface area contributed by atoms with Gasteiger partial charge in [0.1, 0.15) is 23.9 Å². The van der Waals surface area contributed by atoms with E-state index in [-0.39, 0.29) is 54.2 Å². The lowest BCUT2D eigenvalue weighted by Crippen LogP contribution is -2.62. The number of nitrogens with two attached hydrogens (primary N) is 1. The molecule has 0 amide bonds. The quantitative estimate of drug-likeness (QED) is 0.0239. The monoisotopic (exact) mass is 804 g/mol. The van der Waals surface area contributed by atoms with Crippen molar-refractivity contribution in [2.75, 3.05) is 45.5 Å². The van der Waals surface area contributed by atoms with Gasteiger partial charge in [0.2, 0.25) is 24.1 Å². The van der Waals surface area contributed by atoms with Gasteiger partial charge < -0.3 is 85.6 Å². The van der Waals surface area contributed by atoms with Gasteiger partial charge in [0, 0.05) is 44.3 Å². The fraction of sp³-hybridized carbons (Fsp3) is 0.432. The fourth-order valence-electron chi connectivity index (χ4n) is 5.51. The molecule has 1 saturated heterocycles. The number of aliphatic imine (C=N–C) groups is 1. The highest BCUT2D eigenvalue weighted by Crippen LogP contribution is 2.46. The van der Waals surface area contributed by atoms with Gasteiger partial charge in [-0.15, -0.1) is 0 Å². The van der Waals surface area contributed by atoms with Gasteiger partial charge in [0.05, 0.1) is 25.0 Å². The number of anilines is 1. The van der Waals surface area contributed by atoms with Crippen LogP contribution < -0.4 is 35.3 Å². The molecule has 1 aliphatic rings. The van der Waals surface area contributed by atoms with Crippen molar-refractivity contribution >= 4 is 23.6 Å². The van der Waals surface area contributed by atoms with Crippen molar-refractivity contribution in [2.45, 2.75) is 63.2 Å². The van der Waals surface area contributed by atoms with Gasteiger partial charge in [0.15, 0.2) is 41.8 Å². The van der Waals surface area contributed by atoms with Crippen molar-refractivity contribution in [1.29, 1.82) is 0 Å². The molecule has 20 heteroatoms. The van der Waals surface area contributed by atoms with E-state index in [1.165, 1.54) is 13.2 Å². The van der Waals surface area contributed by atoms with Gasteiger partial charge in [-0.25, -0.2) is 14.6 Å². The van der Waals surface area contributed by atoms with Gasteiger partial charge in [-0.2, -0.15) is 0 Å². The lowest BCUT2D eigenvalue weighted by atomic mass is 9.98. The Morgan fingerprint density at radius 1 is 0.947 bits per heavy atom. The molecule has 0 bridgehead atoms. The van der Waals surface area contributed by atoms with E-state index >= 15 is 0 Å². The molecule has 4 rings (SSSR count). The number of rotatable bonds is 20. The molecule has 0 saturated carbocycles. The molecule has 6 unspecified atom stereocenters. The van der Waals surface area contributed by atoms with Gasteiger partial charge in [-0.3, -0.25) is 0 Å². The number of carboxylic acids is 1. The first kappa shape index (κ1) is 44.0. The van der Waals surface area contributed by atoms with Crippen LogP contribution in [0.25, 0.3) is 0 Å². The van der Waals surface area contributed by atoms with Crippen LogP contribution in [0, 0.1) is 0 Å². The molecule has 3 aromatic rings. The highest BCUT2D eigenvalue weighted by Gasteiger charge is 2.49. The lowest BCUT2D eigenvalue weighted by molar-refractivity contribution is -0.309. The van der Waals surface area contributed by atoms with E-state index in [0.717, 1.165) is 17.7 Å². The number of phenolic OH excluding ortho intramolecular Hbond substituents is 2. The summed E-state index contributed by atoms with van der Waals surface area (Å²) in [6.45, 7) is 1.91. The highest BCUT2D eigenvalue weighted by molar-refractivity contribution is 5.96. The molecule has 0 radical (unpaired) electrons. The summed E-state index contributed by atoms with van der Waals surface area (Å²) in [5, 5.41) is 89.4. The Balaban J connectivity index is 1.55. The van der Waals surface area contributed by atoms with Gasteiger partial charge in [0.25, 0.3) is 0 Å². The van der Waals surface area contributed by atoms with Crippen molar-refractivity contribution < 1.29 is 78.9 Å². The third-order valence-electron chi connectivity index (χ3n) is 8.50. The molecular formula is C37H48N4O16. The first-order valence-electron chi connectivity index (χ1n) is 17.8. The van der Waals surface area contributed by atoms with E-state index in [1.807, 2.05) is 30.3 Å². The summed E-state index contributed by atoms with van der Waals surface area (Å²) in [6, 6.07) is 12.4. The van der Waals surface area contributed by atoms with Crippen LogP contribution in [0.3, 0.4) is 0 Å². The number of esters is 1. The number of guanidine groups is 1. The largest absolute Gasteiger partial charge is 0.504 e. The minimum atomic E-state index is -2.38. The smallest absolute Gasteiger partial charge is 0.344 e. The van der Waals surface area contributed by atoms with E-state index in [1.54, 1.807) is 6.92 Å². The molecule has 0 spiro atoms. The summed E-state index contributed by atoms with van der Waals surface area (Å²) in [7, 11) is 1.18. The van der Waals surface area contributed by atoms with E-state index in [4.69, 9.17) is 39.3 Å². The zero-order chi connectivity index (χ0) is 41.6. The molecular weight excluding hydrogens is 756 g/mol. The summed E-state index contributed by atoms with van der Waals surface area (Å²) in [6.07, 6.45) is -10.9. The summed E-state index contributed by atoms with van der Waals surface area (Å²) in [5.41, 5.74) is 5.93. The van der Waals surface area contributed by atoms with Crippen LogP contribution in [0.5, 0.6) is 34.5 Å². The predicted octanol–water partition coefficient (Wildman–Crippen LogP) is 0.233. The standard InChI is InChI=1S/C37H48N4O16/c1-3-39-22-17-24(23(15-20(22)33(48)49)54-18-41-37(38)40-12-7-8-13-42)55-36-30(47)28(45)29(46)32(56-36)35(51)57-34(50)21-16-25(52-2)27(44)31(26(21)43)53-14-11-19-9-5-4-6-10-19/h4-6,9-10,15-17,28-30,32,35-36,39,42-47,51H,3,7-8,11-14,18H2,1-2H3,(H,48,49)(H3,38,40,41). The molecule has 1 aliphatic heterocycles. The average Bonchev–Trinajstić information content (AvgIpc) is 3.19. The third kappa shape index (κ3) is 11.4.